The van der Waals surface area contributed by atoms with Crippen LogP contribution in [0.15, 0.2) is 78.9 Å². The third kappa shape index (κ3) is 4.44. The van der Waals surface area contributed by atoms with E-state index in [1.807, 2.05) is 60.7 Å². The summed E-state index contributed by atoms with van der Waals surface area (Å²) in [6.45, 7) is 3.59. The number of hydrogen-bond donors (Lipinski definition) is 1. The molecule has 2 heterocycles. The number of carbonyl (C=O) groups excluding carboxylic acids is 1. The fourth-order valence-corrected chi connectivity index (χ4v) is 5.57. The summed E-state index contributed by atoms with van der Waals surface area (Å²) in [5.41, 5.74) is 9.98. The molecule has 1 fully saturated rings. The van der Waals surface area contributed by atoms with E-state index in [-0.39, 0.29) is 28.8 Å². The van der Waals surface area contributed by atoms with Crippen LogP contribution in [-0.2, 0) is 23.1 Å². The SMILES string of the molecule is Br.NC(=O)C(c1ccccc1)(c1ccccc1)[C@@H]1CCN(CCc2ccc3c(c2)OCC3)C1. The third-order valence-corrected chi connectivity index (χ3v) is 7.21. The number of nitrogens with zero attached hydrogens (tertiary/aromatic N) is 1. The van der Waals surface area contributed by atoms with Gasteiger partial charge in [-0.2, -0.15) is 0 Å². The zero-order valence-electron chi connectivity index (χ0n) is 18.8. The quantitative estimate of drug-likeness (QED) is 0.511. The summed E-state index contributed by atoms with van der Waals surface area (Å²) in [4.78, 5) is 15.7. The highest BCUT2D eigenvalue weighted by Gasteiger charge is 2.49. The summed E-state index contributed by atoms with van der Waals surface area (Å²) in [5, 5.41) is 0. The van der Waals surface area contributed by atoms with Crippen molar-refractivity contribution in [2.45, 2.75) is 24.7 Å². The minimum atomic E-state index is -0.821. The number of amides is 1. The van der Waals surface area contributed by atoms with Gasteiger partial charge in [-0.25, -0.2) is 0 Å². The van der Waals surface area contributed by atoms with Gasteiger partial charge in [0.2, 0.25) is 5.91 Å². The molecule has 33 heavy (non-hydrogen) atoms. The van der Waals surface area contributed by atoms with Crippen molar-refractivity contribution >= 4 is 22.9 Å². The molecule has 5 rings (SSSR count). The molecule has 0 aliphatic carbocycles. The highest BCUT2D eigenvalue weighted by molar-refractivity contribution is 8.93. The fraction of sp³-hybridized carbons (Fsp3) is 0.321. The maximum Gasteiger partial charge on any atom is 0.232 e. The lowest BCUT2D eigenvalue weighted by Crippen LogP contribution is -2.49. The Hall–Kier alpha value is -2.63. The lowest BCUT2D eigenvalue weighted by atomic mass is 9.64. The van der Waals surface area contributed by atoms with Crippen molar-refractivity contribution in [2.75, 3.05) is 26.2 Å². The molecule has 0 bridgehead atoms. The van der Waals surface area contributed by atoms with Crippen LogP contribution in [0.3, 0.4) is 0 Å². The van der Waals surface area contributed by atoms with Crippen molar-refractivity contribution < 1.29 is 9.53 Å². The largest absolute Gasteiger partial charge is 0.493 e. The van der Waals surface area contributed by atoms with E-state index in [0.29, 0.717) is 0 Å². The number of hydrogen-bond acceptors (Lipinski definition) is 3. The van der Waals surface area contributed by atoms with Crippen LogP contribution >= 0.6 is 17.0 Å². The van der Waals surface area contributed by atoms with Crippen LogP contribution in [0, 0.1) is 5.92 Å². The standard InChI is InChI=1S/C28H30N2O2.BrH/c29-27(31)28(23-7-3-1-4-8-23,24-9-5-2-6-10-24)25-14-17-30(20-25)16-13-21-11-12-22-15-18-32-26(22)19-21;/h1-12,19,25H,13-18,20H2,(H2,29,31);1H/t25-;/m1./s1. The molecule has 0 unspecified atom stereocenters. The van der Waals surface area contributed by atoms with Crippen LogP contribution in [0.1, 0.15) is 28.7 Å². The summed E-state index contributed by atoms with van der Waals surface area (Å²) in [6, 6.07) is 26.8. The third-order valence-electron chi connectivity index (χ3n) is 7.21. The summed E-state index contributed by atoms with van der Waals surface area (Å²) in [7, 11) is 0. The van der Waals surface area contributed by atoms with Gasteiger partial charge in [-0.15, -0.1) is 17.0 Å². The molecule has 4 nitrogen and oxygen atoms in total. The number of ether oxygens (including phenoxy) is 1. The van der Waals surface area contributed by atoms with Crippen LogP contribution in [-0.4, -0.2) is 37.0 Å². The normalized spacial score (nSPS) is 17.8. The topological polar surface area (TPSA) is 55.6 Å². The molecule has 1 saturated heterocycles. The zero-order chi connectivity index (χ0) is 22.0. The molecule has 0 saturated carbocycles. The molecular formula is C28H31BrN2O2. The molecule has 1 atom stereocenters. The number of likely N-dealkylation sites (tertiary alicyclic amines) is 1. The summed E-state index contributed by atoms with van der Waals surface area (Å²) < 4.78 is 5.73. The summed E-state index contributed by atoms with van der Waals surface area (Å²) in [6.07, 6.45) is 2.93. The molecule has 172 valence electrons. The average Bonchev–Trinajstić information content (AvgIpc) is 3.49. The van der Waals surface area contributed by atoms with Gasteiger partial charge in [0, 0.05) is 19.5 Å². The van der Waals surface area contributed by atoms with Crippen LogP contribution in [0.5, 0.6) is 5.75 Å². The first kappa shape index (κ1) is 23.5. The Morgan fingerprint density at radius 1 is 1.00 bits per heavy atom. The molecule has 0 aromatic heterocycles. The number of carbonyl (C=O) groups is 1. The molecule has 2 aliphatic rings. The van der Waals surface area contributed by atoms with E-state index in [2.05, 4.69) is 23.1 Å². The molecule has 2 N–H and O–H groups in total. The second kappa shape index (κ2) is 10.1. The number of fused-ring (bicyclic) bond motifs is 1. The number of rotatable bonds is 7. The smallest absolute Gasteiger partial charge is 0.232 e. The Labute approximate surface area is 206 Å². The Morgan fingerprint density at radius 3 is 2.30 bits per heavy atom. The first-order valence-electron chi connectivity index (χ1n) is 11.6. The first-order chi connectivity index (χ1) is 15.7. The minimum absolute atomic E-state index is 0. The first-order valence-corrected chi connectivity index (χ1v) is 11.6. The van der Waals surface area contributed by atoms with E-state index in [1.54, 1.807) is 0 Å². The van der Waals surface area contributed by atoms with Crippen LogP contribution in [0.2, 0.25) is 0 Å². The Bertz CT molecular complexity index is 1050. The molecule has 3 aromatic carbocycles. The Morgan fingerprint density at radius 2 is 1.67 bits per heavy atom. The maximum atomic E-state index is 13.2. The lowest BCUT2D eigenvalue weighted by molar-refractivity contribution is -0.123. The second-order valence-electron chi connectivity index (χ2n) is 8.98. The maximum absolute atomic E-state index is 13.2. The zero-order valence-corrected chi connectivity index (χ0v) is 20.5. The molecule has 1 amide bonds. The van der Waals surface area contributed by atoms with Gasteiger partial charge in [0.1, 0.15) is 11.2 Å². The summed E-state index contributed by atoms with van der Waals surface area (Å²) in [5.74, 6) is 0.911. The van der Waals surface area contributed by atoms with Gasteiger partial charge < -0.3 is 15.4 Å². The number of benzene rings is 3. The van der Waals surface area contributed by atoms with Crippen LogP contribution in [0.4, 0.5) is 0 Å². The van der Waals surface area contributed by atoms with Crippen LogP contribution in [0.25, 0.3) is 0 Å². The van der Waals surface area contributed by atoms with E-state index >= 15 is 0 Å². The predicted molar refractivity (Wildman–Crippen MR) is 137 cm³/mol. The van der Waals surface area contributed by atoms with Gasteiger partial charge >= 0.3 is 0 Å². The number of halogens is 1. The average molecular weight is 507 g/mol. The fourth-order valence-electron chi connectivity index (χ4n) is 5.57. The lowest BCUT2D eigenvalue weighted by Gasteiger charge is -2.37. The van der Waals surface area contributed by atoms with Gasteiger partial charge in [0.25, 0.3) is 0 Å². The van der Waals surface area contributed by atoms with Crippen molar-refractivity contribution in [1.82, 2.24) is 4.90 Å². The molecule has 0 radical (unpaired) electrons. The molecule has 0 spiro atoms. The Balaban J connectivity index is 0.00000259. The van der Waals surface area contributed by atoms with Gasteiger partial charge in [0.05, 0.1) is 6.61 Å². The van der Waals surface area contributed by atoms with Gasteiger partial charge in [-0.1, -0.05) is 72.8 Å². The van der Waals surface area contributed by atoms with Gasteiger partial charge in [0.15, 0.2) is 0 Å². The minimum Gasteiger partial charge on any atom is -0.493 e. The van der Waals surface area contributed by atoms with E-state index in [0.717, 1.165) is 62.4 Å². The molecular weight excluding hydrogens is 476 g/mol. The molecule has 2 aliphatic heterocycles. The van der Waals surface area contributed by atoms with Crippen LogP contribution < -0.4 is 10.5 Å². The second-order valence-corrected chi connectivity index (χ2v) is 8.98. The van der Waals surface area contributed by atoms with E-state index in [1.165, 1.54) is 11.1 Å². The predicted octanol–water partition coefficient (Wildman–Crippen LogP) is 4.54. The van der Waals surface area contributed by atoms with Crippen molar-refractivity contribution in [3.05, 3.63) is 101 Å². The molecule has 5 heteroatoms. The molecule has 3 aromatic rings. The van der Waals surface area contributed by atoms with Crippen molar-refractivity contribution in [3.8, 4) is 5.75 Å². The monoisotopic (exact) mass is 506 g/mol. The van der Waals surface area contributed by atoms with Gasteiger partial charge in [-0.3, -0.25) is 4.79 Å². The number of nitrogens with two attached hydrogens (primary N) is 1. The van der Waals surface area contributed by atoms with Crippen molar-refractivity contribution in [3.63, 3.8) is 0 Å². The highest BCUT2D eigenvalue weighted by Crippen LogP contribution is 2.43. The van der Waals surface area contributed by atoms with E-state index in [4.69, 9.17) is 10.5 Å². The van der Waals surface area contributed by atoms with Crippen molar-refractivity contribution in [1.29, 1.82) is 0 Å². The Kier molecular flexibility index (Phi) is 7.20. The summed E-state index contributed by atoms with van der Waals surface area (Å²) >= 11 is 0. The van der Waals surface area contributed by atoms with Crippen molar-refractivity contribution in [2.24, 2.45) is 11.7 Å². The van der Waals surface area contributed by atoms with E-state index in [9.17, 15) is 4.79 Å². The van der Waals surface area contributed by atoms with E-state index < -0.39 is 5.41 Å². The van der Waals surface area contributed by atoms with Gasteiger partial charge in [-0.05, 0) is 53.6 Å². The number of primary amides is 1. The highest BCUT2D eigenvalue weighted by atomic mass is 79.9.